The van der Waals surface area contributed by atoms with Crippen LogP contribution in [-0.2, 0) is 13.0 Å². The molecule has 0 N–H and O–H groups in total. The third kappa shape index (κ3) is 4.80. The lowest BCUT2D eigenvalue weighted by molar-refractivity contribution is 0.119. The summed E-state index contributed by atoms with van der Waals surface area (Å²) in [5.41, 5.74) is 3.37. The van der Waals surface area contributed by atoms with Gasteiger partial charge in [0, 0.05) is 44.4 Å². The van der Waals surface area contributed by atoms with E-state index in [1.54, 1.807) is 7.11 Å². The molecule has 146 valence electrons. The van der Waals surface area contributed by atoms with Gasteiger partial charge in [-0.1, -0.05) is 47.6 Å². The zero-order valence-corrected chi connectivity index (χ0v) is 16.4. The van der Waals surface area contributed by atoms with Crippen molar-refractivity contribution in [3.8, 4) is 17.0 Å². The third-order valence-corrected chi connectivity index (χ3v) is 5.35. The molecule has 0 aliphatic carbocycles. The SMILES string of the molecule is COc1ccc(CCN2CCN(Cc3cc(-c4ccccc4)no3)CC2)cc1. The van der Waals surface area contributed by atoms with Crippen LogP contribution >= 0.6 is 0 Å². The summed E-state index contributed by atoms with van der Waals surface area (Å²) < 4.78 is 10.8. The molecule has 0 atom stereocenters. The number of nitrogens with zero attached hydrogens (tertiary/aromatic N) is 3. The highest BCUT2D eigenvalue weighted by Crippen LogP contribution is 2.20. The Bertz CT molecular complexity index is 853. The molecule has 5 heteroatoms. The molecule has 0 unspecified atom stereocenters. The molecule has 5 nitrogen and oxygen atoms in total. The maximum Gasteiger partial charge on any atom is 0.151 e. The van der Waals surface area contributed by atoms with Crippen molar-refractivity contribution in [1.82, 2.24) is 15.0 Å². The van der Waals surface area contributed by atoms with Crippen LogP contribution in [0.3, 0.4) is 0 Å². The Labute approximate surface area is 166 Å². The smallest absolute Gasteiger partial charge is 0.151 e. The fourth-order valence-electron chi connectivity index (χ4n) is 3.60. The minimum absolute atomic E-state index is 0.826. The van der Waals surface area contributed by atoms with E-state index >= 15 is 0 Å². The van der Waals surface area contributed by atoms with Crippen LogP contribution in [0, 0.1) is 0 Å². The normalized spacial score (nSPS) is 15.6. The van der Waals surface area contributed by atoms with Crippen LogP contribution in [0.2, 0.25) is 0 Å². The van der Waals surface area contributed by atoms with E-state index in [9.17, 15) is 0 Å². The molecule has 0 bridgehead atoms. The maximum atomic E-state index is 5.56. The van der Waals surface area contributed by atoms with Crippen molar-refractivity contribution in [2.24, 2.45) is 0 Å². The number of ether oxygens (including phenoxy) is 1. The Morgan fingerprint density at radius 3 is 2.36 bits per heavy atom. The molecule has 1 aliphatic rings. The van der Waals surface area contributed by atoms with Crippen molar-refractivity contribution in [2.75, 3.05) is 39.8 Å². The van der Waals surface area contributed by atoms with E-state index in [2.05, 4.69) is 45.3 Å². The fraction of sp³-hybridized carbons (Fsp3) is 0.348. The van der Waals surface area contributed by atoms with Gasteiger partial charge in [-0.2, -0.15) is 0 Å². The quantitative estimate of drug-likeness (QED) is 0.628. The second-order valence-electron chi connectivity index (χ2n) is 7.26. The molecule has 4 rings (SSSR count). The molecule has 28 heavy (non-hydrogen) atoms. The van der Waals surface area contributed by atoms with Crippen LogP contribution < -0.4 is 4.74 Å². The molecule has 1 aliphatic heterocycles. The Morgan fingerprint density at radius 1 is 0.929 bits per heavy atom. The van der Waals surface area contributed by atoms with Gasteiger partial charge in [0.15, 0.2) is 5.76 Å². The Balaban J connectivity index is 1.22. The molecule has 1 aromatic heterocycles. The Hall–Kier alpha value is -2.63. The molecule has 3 aromatic rings. The first-order chi connectivity index (χ1) is 13.8. The van der Waals surface area contributed by atoms with Crippen molar-refractivity contribution >= 4 is 0 Å². The number of rotatable bonds is 7. The van der Waals surface area contributed by atoms with E-state index < -0.39 is 0 Å². The lowest BCUT2D eigenvalue weighted by Gasteiger charge is -2.34. The second kappa shape index (κ2) is 9.04. The Kier molecular flexibility index (Phi) is 6.04. The van der Waals surface area contributed by atoms with E-state index in [0.29, 0.717) is 0 Å². The monoisotopic (exact) mass is 377 g/mol. The van der Waals surface area contributed by atoms with Gasteiger partial charge in [-0.15, -0.1) is 0 Å². The molecular weight excluding hydrogens is 350 g/mol. The average molecular weight is 377 g/mol. The topological polar surface area (TPSA) is 41.7 Å². The zero-order valence-electron chi connectivity index (χ0n) is 16.4. The molecule has 0 amide bonds. The molecule has 0 spiro atoms. The van der Waals surface area contributed by atoms with Gasteiger partial charge >= 0.3 is 0 Å². The Morgan fingerprint density at radius 2 is 1.64 bits per heavy atom. The van der Waals surface area contributed by atoms with Crippen LogP contribution in [0.1, 0.15) is 11.3 Å². The fourth-order valence-corrected chi connectivity index (χ4v) is 3.60. The number of piperazine rings is 1. The molecule has 2 aromatic carbocycles. The average Bonchev–Trinajstić information content (AvgIpc) is 3.23. The summed E-state index contributed by atoms with van der Waals surface area (Å²) in [6.07, 6.45) is 1.08. The summed E-state index contributed by atoms with van der Waals surface area (Å²) in [7, 11) is 1.70. The van der Waals surface area contributed by atoms with E-state index in [4.69, 9.17) is 9.26 Å². The number of aromatic nitrogens is 1. The van der Waals surface area contributed by atoms with E-state index in [0.717, 1.165) is 68.5 Å². The van der Waals surface area contributed by atoms with Crippen LogP contribution in [0.5, 0.6) is 5.75 Å². The van der Waals surface area contributed by atoms with Gasteiger partial charge in [0.1, 0.15) is 11.4 Å². The molecule has 0 saturated carbocycles. The van der Waals surface area contributed by atoms with Gasteiger partial charge in [-0.05, 0) is 24.1 Å². The van der Waals surface area contributed by atoms with Crippen molar-refractivity contribution in [3.05, 3.63) is 72.0 Å². The van der Waals surface area contributed by atoms with Gasteiger partial charge < -0.3 is 14.2 Å². The van der Waals surface area contributed by atoms with Crippen molar-refractivity contribution < 1.29 is 9.26 Å². The first-order valence-electron chi connectivity index (χ1n) is 9.89. The number of benzene rings is 2. The molecular formula is C23H27N3O2. The second-order valence-corrected chi connectivity index (χ2v) is 7.26. The highest BCUT2D eigenvalue weighted by atomic mass is 16.5. The zero-order chi connectivity index (χ0) is 19.2. The van der Waals surface area contributed by atoms with Crippen LogP contribution in [0.4, 0.5) is 0 Å². The summed E-state index contributed by atoms with van der Waals surface area (Å²) in [4.78, 5) is 4.98. The summed E-state index contributed by atoms with van der Waals surface area (Å²) >= 11 is 0. The van der Waals surface area contributed by atoms with Crippen LogP contribution in [0.15, 0.2) is 65.2 Å². The van der Waals surface area contributed by atoms with Gasteiger partial charge in [-0.25, -0.2) is 0 Å². The number of methoxy groups -OCH3 is 1. The lowest BCUT2D eigenvalue weighted by atomic mass is 10.1. The molecule has 1 saturated heterocycles. The molecule has 0 radical (unpaired) electrons. The molecule has 1 fully saturated rings. The molecule has 2 heterocycles. The predicted molar refractivity (Wildman–Crippen MR) is 110 cm³/mol. The largest absolute Gasteiger partial charge is 0.497 e. The predicted octanol–water partition coefficient (Wildman–Crippen LogP) is 3.71. The summed E-state index contributed by atoms with van der Waals surface area (Å²) in [6.45, 7) is 6.23. The van der Waals surface area contributed by atoms with Crippen molar-refractivity contribution in [1.29, 1.82) is 0 Å². The summed E-state index contributed by atoms with van der Waals surface area (Å²) in [5, 5.41) is 4.22. The van der Waals surface area contributed by atoms with E-state index in [-0.39, 0.29) is 0 Å². The van der Waals surface area contributed by atoms with E-state index in [1.165, 1.54) is 5.56 Å². The standard InChI is InChI=1S/C23H27N3O2/c1-27-21-9-7-19(8-10-21)11-12-25-13-15-26(16-14-25)18-22-17-23(24-28-22)20-5-3-2-4-6-20/h2-10,17H,11-16,18H2,1H3. The van der Waals surface area contributed by atoms with Gasteiger partial charge in [0.25, 0.3) is 0 Å². The van der Waals surface area contributed by atoms with Gasteiger partial charge in [0.05, 0.1) is 13.7 Å². The highest BCUT2D eigenvalue weighted by molar-refractivity contribution is 5.58. The van der Waals surface area contributed by atoms with Crippen molar-refractivity contribution in [2.45, 2.75) is 13.0 Å². The minimum atomic E-state index is 0.826. The van der Waals surface area contributed by atoms with Gasteiger partial charge in [-0.3, -0.25) is 4.90 Å². The van der Waals surface area contributed by atoms with E-state index in [1.807, 2.05) is 30.3 Å². The third-order valence-electron chi connectivity index (χ3n) is 5.35. The highest BCUT2D eigenvalue weighted by Gasteiger charge is 2.18. The maximum absolute atomic E-state index is 5.56. The number of hydrogen-bond acceptors (Lipinski definition) is 5. The lowest BCUT2D eigenvalue weighted by Crippen LogP contribution is -2.46. The van der Waals surface area contributed by atoms with Gasteiger partial charge in [0.2, 0.25) is 0 Å². The van der Waals surface area contributed by atoms with Crippen LogP contribution in [-0.4, -0.2) is 54.8 Å². The van der Waals surface area contributed by atoms with Crippen LogP contribution in [0.25, 0.3) is 11.3 Å². The first-order valence-corrected chi connectivity index (χ1v) is 9.89. The number of hydrogen-bond donors (Lipinski definition) is 0. The summed E-state index contributed by atoms with van der Waals surface area (Å²) in [6, 6.07) is 20.6. The minimum Gasteiger partial charge on any atom is -0.497 e. The summed E-state index contributed by atoms with van der Waals surface area (Å²) in [5.74, 6) is 1.85. The first kappa shape index (κ1) is 18.7. The van der Waals surface area contributed by atoms with Crippen molar-refractivity contribution in [3.63, 3.8) is 0 Å².